The van der Waals surface area contributed by atoms with Crippen LogP contribution in [0.1, 0.15) is 0 Å². The zero-order valence-corrected chi connectivity index (χ0v) is 9.07. The van der Waals surface area contributed by atoms with Gasteiger partial charge in [-0.2, -0.15) is 0 Å². The second-order valence-corrected chi connectivity index (χ2v) is 7.79. The molecule has 0 aromatic rings. The lowest BCUT2D eigenvalue weighted by Crippen LogP contribution is -2.07. The molecular formula is C8H10O4S2. The van der Waals surface area contributed by atoms with Gasteiger partial charge in [0.25, 0.3) is 0 Å². The van der Waals surface area contributed by atoms with Crippen molar-refractivity contribution in [3.05, 3.63) is 23.3 Å². The standard InChI is InChI=1S/C8H10O4S2/c9-13(10)3-1-7(5-13)8-2-4-14(11,12)6-8/h1-2H,3-6H2. The van der Waals surface area contributed by atoms with E-state index in [0.717, 1.165) is 0 Å². The van der Waals surface area contributed by atoms with Gasteiger partial charge >= 0.3 is 0 Å². The normalized spacial score (nSPS) is 28.6. The van der Waals surface area contributed by atoms with E-state index < -0.39 is 19.7 Å². The van der Waals surface area contributed by atoms with Gasteiger partial charge in [-0.1, -0.05) is 12.2 Å². The molecule has 0 atom stereocenters. The predicted octanol–water partition coefficient (Wildman–Crippen LogP) is -0.304. The molecule has 0 saturated heterocycles. The van der Waals surface area contributed by atoms with Crippen LogP contribution in [0.3, 0.4) is 0 Å². The maximum Gasteiger partial charge on any atom is 0.158 e. The second kappa shape index (κ2) is 2.93. The summed E-state index contributed by atoms with van der Waals surface area (Å²) in [5, 5.41) is 0. The summed E-state index contributed by atoms with van der Waals surface area (Å²) in [6.45, 7) is 0. The number of hydrogen-bond acceptors (Lipinski definition) is 4. The summed E-state index contributed by atoms with van der Waals surface area (Å²) in [5.74, 6) is 0.0716. The van der Waals surface area contributed by atoms with E-state index in [2.05, 4.69) is 0 Å². The number of hydrogen-bond donors (Lipinski definition) is 0. The first-order valence-electron chi connectivity index (χ1n) is 4.17. The largest absolute Gasteiger partial charge is 0.228 e. The van der Waals surface area contributed by atoms with Gasteiger partial charge in [-0.25, -0.2) is 16.8 Å². The highest BCUT2D eigenvalue weighted by molar-refractivity contribution is 7.92. The van der Waals surface area contributed by atoms with Crippen molar-refractivity contribution in [1.29, 1.82) is 0 Å². The van der Waals surface area contributed by atoms with Crippen molar-refractivity contribution >= 4 is 19.7 Å². The molecule has 0 unspecified atom stereocenters. The third kappa shape index (κ3) is 1.90. The van der Waals surface area contributed by atoms with Gasteiger partial charge in [-0.3, -0.25) is 0 Å². The van der Waals surface area contributed by atoms with Crippen LogP contribution in [0.5, 0.6) is 0 Å². The Morgan fingerprint density at radius 3 is 1.36 bits per heavy atom. The van der Waals surface area contributed by atoms with Gasteiger partial charge in [0.2, 0.25) is 0 Å². The van der Waals surface area contributed by atoms with Crippen LogP contribution in [-0.4, -0.2) is 39.8 Å². The Balaban J connectivity index is 2.22. The van der Waals surface area contributed by atoms with Crippen molar-refractivity contribution in [2.24, 2.45) is 0 Å². The average Bonchev–Trinajstić information content (AvgIpc) is 2.54. The SMILES string of the molecule is O=S1(=O)CC=C(C2=CCS(=O)(=O)C2)C1. The Bertz CT molecular complexity index is 470. The Kier molecular flexibility index (Phi) is 2.08. The fraction of sp³-hybridized carbons (Fsp3) is 0.500. The van der Waals surface area contributed by atoms with Crippen molar-refractivity contribution in [3.63, 3.8) is 0 Å². The summed E-state index contributed by atoms with van der Waals surface area (Å²) >= 11 is 0. The van der Waals surface area contributed by atoms with E-state index in [-0.39, 0.29) is 23.0 Å². The minimum Gasteiger partial charge on any atom is -0.228 e. The molecule has 0 N–H and O–H groups in total. The zero-order valence-electron chi connectivity index (χ0n) is 7.43. The summed E-state index contributed by atoms with van der Waals surface area (Å²) in [5.41, 5.74) is 1.34. The van der Waals surface area contributed by atoms with E-state index in [1.165, 1.54) is 0 Å². The smallest absolute Gasteiger partial charge is 0.158 e. The molecule has 0 radical (unpaired) electrons. The molecule has 78 valence electrons. The van der Waals surface area contributed by atoms with Crippen LogP contribution in [0.15, 0.2) is 23.3 Å². The van der Waals surface area contributed by atoms with Gasteiger partial charge in [0.05, 0.1) is 23.0 Å². The lowest BCUT2D eigenvalue weighted by molar-refractivity contribution is 0.600. The summed E-state index contributed by atoms with van der Waals surface area (Å²) in [6, 6.07) is 0. The van der Waals surface area contributed by atoms with E-state index in [0.29, 0.717) is 11.1 Å². The first-order chi connectivity index (χ1) is 6.38. The minimum atomic E-state index is -3.00. The Morgan fingerprint density at radius 1 is 0.786 bits per heavy atom. The molecule has 0 aliphatic carbocycles. The first-order valence-corrected chi connectivity index (χ1v) is 7.82. The molecule has 0 bridgehead atoms. The highest BCUT2D eigenvalue weighted by Gasteiger charge is 2.27. The molecule has 0 fully saturated rings. The van der Waals surface area contributed by atoms with Crippen molar-refractivity contribution in [2.45, 2.75) is 0 Å². The fourth-order valence-corrected chi connectivity index (χ4v) is 4.31. The molecule has 0 amide bonds. The topological polar surface area (TPSA) is 68.3 Å². The van der Waals surface area contributed by atoms with Crippen molar-refractivity contribution < 1.29 is 16.8 Å². The maximum atomic E-state index is 11.1. The van der Waals surface area contributed by atoms with Gasteiger partial charge < -0.3 is 0 Å². The highest BCUT2D eigenvalue weighted by atomic mass is 32.2. The van der Waals surface area contributed by atoms with Gasteiger partial charge in [0.1, 0.15) is 0 Å². The molecule has 4 nitrogen and oxygen atoms in total. The zero-order chi connectivity index (χ0) is 10.4. The van der Waals surface area contributed by atoms with Crippen LogP contribution in [0.2, 0.25) is 0 Å². The highest BCUT2D eigenvalue weighted by Crippen LogP contribution is 2.24. The summed E-state index contributed by atoms with van der Waals surface area (Å²) in [4.78, 5) is 0. The molecule has 2 rings (SSSR count). The van der Waals surface area contributed by atoms with E-state index in [1.54, 1.807) is 12.2 Å². The quantitative estimate of drug-likeness (QED) is 0.624. The van der Waals surface area contributed by atoms with Crippen LogP contribution >= 0.6 is 0 Å². The summed E-state index contributed by atoms with van der Waals surface area (Å²) in [6.07, 6.45) is 3.23. The van der Waals surface area contributed by atoms with Crippen molar-refractivity contribution in [3.8, 4) is 0 Å². The third-order valence-electron chi connectivity index (χ3n) is 2.33. The van der Waals surface area contributed by atoms with E-state index in [4.69, 9.17) is 0 Å². The average molecular weight is 234 g/mol. The molecule has 0 aromatic carbocycles. The van der Waals surface area contributed by atoms with E-state index in [9.17, 15) is 16.8 Å². The van der Waals surface area contributed by atoms with Crippen molar-refractivity contribution in [1.82, 2.24) is 0 Å². The monoisotopic (exact) mass is 234 g/mol. The Morgan fingerprint density at radius 2 is 1.14 bits per heavy atom. The van der Waals surface area contributed by atoms with Crippen LogP contribution in [-0.2, 0) is 19.7 Å². The molecule has 0 saturated carbocycles. The lowest BCUT2D eigenvalue weighted by atomic mass is 10.1. The van der Waals surface area contributed by atoms with Gasteiger partial charge in [-0.05, 0) is 11.1 Å². The van der Waals surface area contributed by atoms with Crippen LogP contribution < -0.4 is 0 Å². The van der Waals surface area contributed by atoms with Crippen LogP contribution in [0.4, 0.5) is 0 Å². The Hall–Kier alpha value is -0.620. The fourth-order valence-electron chi connectivity index (χ4n) is 1.61. The third-order valence-corrected chi connectivity index (χ3v) is 5.18. The molecule has 2 heterocycles. The Labute approximate surface area is 83.2 Å². The van der Waals surface area contributed by atoms with E-state index in [1.807, 2.05) is 0 Å². The summed E-state index contributed by atoms with van der Waals surface area (Å²) in [7, 11) is -6.00. The van der Waals surface area contributed by atoms with Crippen molar-refractivity contribution in [2.75, 3.05) is 23.0 Å². The second-order valence-electron chi connectivity index (χ2n) is 3.57. The number of sulfone groups is 2. The van der Waals surface area contributed by atoms with Gasteiger partial charge in [0, 0.05) is 0 Å². The molecule has 2 aliphatic heterocycles. The van der Waals surface area contributed by atoms with Gasteiger partial charge in [-0.15, -0.1) is 0 Å². The number of rotatable bonds is 1. The van der Waals surface area contributed by atoms with Crippen LogP contribution in [0.25, 0.3) is 0 Å². The molecule has 0 aromatic heterocycles. The maximum absolute atomic E-state index is 11.1. The minimum absolute atomic E-state index is 0.00560. The molecular weight excluding hydrogens is 224 g/mol. The predicted molar refractivity (Wildman–Crippen MR) is 53.5 cm³/mol. The van der Waals surface area contributed by atoms with E-state index >= 15 is 0 Å². The summed E-state index contributed by atoms with van der Waals surface area (Å²) < 4.78 is 44.5. The van der Waals surface area contributed by atoms with Crippen LogP contribution in [0, 0.1) is 0 Å². The first kappa shape index (κ1) is 9.92. The molecule has 0 spiro atoms. The molecule has 2 aliphatic rings. The molecule has 6 heteroatoms. The van der Waals surface area contributed by atoms with Gasteiger partial charge in [0.15, 0.2) is 19.7 Å². The molecule has 14 heavy (non-hydrogen) atoms. The lowest BCUT2D eigenvalue weighted by Gasteiger charge is -1.99.